The van der Waals surface area contributed by atoms with Crippen LogP contribution in [0.2, 0.25) is 0 Å². The minimum absolute atomic E-state index is 0.465. The van der Waals surface area contributed by atoms with Gasteiger partial charge in [-0.25, -0.2) is 0 Å². The zero-order valence-corrected chi connectivity index (χ0v) is 10.2. The fourth-order valence-corrected chi connectivity index (χ4v) is 1.78. The molecule has 84 valence electrons. The number of benzene rings is 1. The Labute approximate surface area is 93.9 Å². The van der Waals surface area contributed by atoms with E-state index in [0.29, 0.717) is 6.04 Å². The third kappa shape index (κ3) is 4.05. The van der Waals surface area contributed by atoms with Crippen LogP contribution >= 0.6 is 0 Å². The van der Waals surface area contributed by atoms with Crippen molar-refractivity contribution in [2.75, 3.05) is 6.54 Å². The molecule has 0 saturated heterocycles. The Balaban J connectivity index is 2.39. The molecule has 0 aliphatic carbocycles. The highest BCUT2D eigenvalue weighted by Crippen LogP contribution is 2.13. The van der Waals surface area contributed by atoms with Crippen molar-refractivity contribution < 1.29 is 0 Å². The maximum Gasteiger partial charge on any atom is 0.0291 e. The monoisotopic (exact) mass is 205 g/mol. The van der Waals surface area contributed by atoms with E-state index in [-0.39, 0.29) is 0 Å². The Morgan fingerprint density at radius 2 is 1.67 bits per heavy atom. The van der Waals surface area contributed by atoms with Crippen molar-refractivity contribution in [1.82, 2.24) is 5.32 Å². The highest BCUT2D eigenvalue weighted by molar-refractivity contribution is 5.17. The fraction of sp³-hybridized carbons (Fsp3) is 0.571. The van der Waals surface area contributed by atoms with E-state index in [9.17, 15) is 0 Å². The number of nitrogens with one attached hydrogen (secondary N) is 1. The Bertz CT molecular complexity index is 251. The molecule has 1 heteroatoms. The zero-order valence-electron chi connectivity index (χ0n) is 10.2. The van der Waals surface area contributed by atoms with Gasteiger partial charge in [0.2, 0.25) is 0 Å². The SMILES string of the molecule is CCC(CC)CN[C@@H](C)c1ccccc1. The first-order valence-electron chi connectivity index (χ1n) is 6.06. The quantitative estimate of drug-likeness (QED) is 0.745. The molecule has 0 amide bonds. The van der Waals surface area contributed by atoms with Crippen LogP contribution < -0.4 is 5.32 Å². The van der Waals surface area contributed by atoms with Crippen LogP contribution in [0.5, 0.6) is 0 Å². The molecule has 0 radical (unpaired) electrons. The molecule has 1 rings (SSSR count). The van der Waals surface area contributed by atoms with Gasteiger partial charge < -0.3 is 5.32 Å². The summed E-state index contributed by atoms with van der Waals surface area (Å²) in [6.45, 7) is 7.90. The molecule has 0 fully saturated rings. The van der Waals surface area contributed by atoms with E-state index in [1.54, 1.807) is 0 Å². The van der Waals surface area contributed by atoms with Crippen molar-refractivity contribution in [3.8, 4) is 0 Å². The normalized spacial score (nSPS) is 13.1. The summed E-state index contributed by atoms with van der Waals surface area (Å²) >= 11 is 0. The first kappa shape index (κ1) is 12.3. The average Bonchev–Trinajstić information content (AvgIpc) is 2.31. The van der Waals surface area contributed by atoms with Crippen LogP contribution in [0.15, 0.2) is 30.3 Å². The molecule has 0 aliphatic heterocycles. The second kappa shape index (κ2) is 6.62. The van der Waals surface area contributed by atoms with Crippen molar-refractivity contribution >= 4 is 0 Å². The van der Waals surface area contributed by atoms with Crippen LogP contribution in [0.3, 0.4) is 0 Å². The van der Waals surface area contributed by atoms with Gasteiger partial charge in [-0.15, -0.1) is 0 Å². The summed E-state index contributed by atoms with van der Waals surface area (Å²) in [5.41, 5.74) is 1.38. The van der Waals surface area contributed by atoms with Crippen molar-refractivity contribution in [1.29, 1.82) is 0 Å². The van der Waals surface area contributed by atoms with Crippen molar-refractivity contribution in [3.63, 3.8) is 0 Å². The lowest BCUT2D eigenvalue weighted by Gasteiger charge is -2.18. The van der Waals surface area contributed by atoms with Crippen molar-refractivity contribution in [3.05, 3.63) is 35.9 Å². The molecule has 1 aromatic rings. The van der Waals surface area contributed by atoms with Crippen molar-refractivity contribution in [2.45, 2.75) is 39.7 Å². The highest BCUT2D eigenvalue weighted by atomic mass is 14.9. The molecule has 1 nitrogen and oxygen atoms in total. The van der Waals surface area contributed by atoms with E-state index < -0.39 is 0 Å². The number of hydrogen-bond acceptors (Lipinski definition) is 1. The van der Waals surface area contributed by atoms with E-state index >= 15 is 0 Å². The van der Waals surface area contributed by atoms with E-state index in [1.165, 1.54) is 18.4 Å². The second-order valence-electron chi connectivity index (χ2n) is 4.22. The third-order valence-electron chi connectivity index (χ3n) is 3.17. The lowest BCUT2D eigenvalue weighted by molar-refractivity contribution is 0.422. The second-order valence-corrected chi connectivity index (χ2v) is 4.22. The predicted molar refractivity (Wildman–Crippen MR) is 66.9 cm³/mol. The maximum absolute atomic E-state index is 3.60. The molecule has 1 atom stereocenters. The van der Waals surface area contributed by atoms with E-state index in [1.807, 2.05) is 0 Å². The standard InChI is InChI=1S/C14H23N/c1-4-13(5-2)11-15-12(3)14-9-7-6-8-10-14/h6-10,12-13,15H,4-5,11H2,1-3H3/t12-/m0/s1. The summed E-state index contributed by atoms with van der Waals surface area (Å²) in [4.78, 5) is 0. The summed E-state index contributed by atoms with van der Waals surface area (Å²) in [5, 5.41) is 3.60. The molecule has 1 N–H and O–H groups in total. The number of rotatable bonds is 6. The van der Waals surface area contributed by atoms with E-state index in [4.69, 9.17) is 0 Å². The zero-order chi connectivity index (χ0) is 11.1. The lowest BCUT2D eigenvalue weighted by atomic mass is 10.0. The molecule has 1 aromatic carbocycles. The minimum Gasteiger partial charge on any atom is -0.310 e. The van der Waals surface area contributed by atoms with Gasteiger partial charge >= 0.3 is 0 Å². The van der Waals surface area contributed by atoms with Gasteiger partial charge in [0, 0.05) is 6.04 Å². The molecule has 0 aromatic heterocycles. The Hall–Kier alpha value is -0.820. The number of hydrogen-bond donors (Lipinski definition) is 1. The summed E-state index contributed by atoms with van der Waals surface area (Å²) in [6.07, 6.45) is 2.54. The highest BCUT2D eigenvalue weighted by Gasteiger charge is 2.07. The minimum atomic E-state index is 0.465. The molecule has 0 saturated carbocycles. The fourth-order valence-electron chi connectivity index (χ4n) is 1.78. The van der Waals surface area contributed by atoms with Gasteiger partial charge in [0.1, 0.15) is 0 Å². The van der Waals surface area contributed by atoms with Crippen molar-refractivity contribution in [2.24, 2.45) is 5.92 Å². The van der Waals surface area contributed by atoms with Gasteiger partial charge in [0.15, 0.2) is 0 Å². The van der Waals surface area contributed by atoms with Crippen LogP contribution in [0, 0.1) is 5.92 Å². The Morgan fingerprint density at radius 3 is 2.20 bits per heavy atom. The smallest absolute Gasteiger partial charge is 0.0291 e. The Morgan fingerprint density at radius 1 is 1.07 bits per heavy atom. The van der Waals surface area contributed by atoms with Crippen LogP contribution in [0.25, 0.3) is 0 Å². The Kier molecular flexibility index (Phi) is 5.41. The molecular weight excluding hydrogens is 182 g/mol. The van der Waals surface area contributed by atoms with Gasteiger partial charge in [-0.2, -0.15) is 0 Å². The summed E-state index contributed by atoms with van der Waals surface area (Å²) in [5.74, 6) is 0.816. The topological polar surface area (TPSA) is 12.0 Å². The molecule has 0 heterocycles. The molecular formula is C14H23N. The third-order valence-corrected chi connectivity index (χ3v) is 3.17. The van der Waals surface area contributed by atoms with Crippen LogP contribution in [-0.2, 0) is 0 Å². The molecule has 0 aliphatic rings. The van der Waals surface area contributed by atoms with Crippen LogP contribution in [0.4, 0.5) is 0 Å². The molecule has 0 spiro atoms. The van der Waals surface area contributed by atoms with Gasteiger partial charge in [-0.05, 0) is 24.9 Å². The van der Waals surface area contributed by atoms with Gasteiger partial charge in [-0.1, -0.05) is 57.0 Å². The predicted octanol–water partition coefficient (Wildman–Crippen LogP) is 3.77. The summed E-state index contributed by atoms with van der Waals surface area (Å²) < 4.78 is 0. The summed E-state index contributed by atoms with van der Waals surface area (Å²) in [7, 11) is 0. The van der Waals surface area contributed by atoms with E-state index in [2.05, 4.69) is 56.4 Å². The average molecular weight is 205 g/mol. The van der Waals surface area contributed by atoms with Crippen LogP contribution in [0.1, 0.15) is 45.2 Å². The van der Waals surface area contributed by atoms with Gasteiger partial charge in [0.25, 0.3) is 0 Å². The summed E-state index contributed by atoms with van der Waals surface area (Å²) in [6, 6.07) is 11.1. The van der Waals surface area contributed by atoms with Crippen LogP contribution in [-0.4, -0.2) is 6.54 Å². The maximum atomic E-state index is 3.60. The first-order chi connectivity index (χ1) is 7.27. The lowest BCUT2D eigenvalue weighted by Crippen LogP contribution is -2.25. The van der Waals surface area contributed by atoms with Gasteiger partial charge in [-0.3, -0.25) is 0 Å². The largest absolute Gasteiger partial charge is 0.310 e. The molecule has 0 unspecified atom stereocenters. The van der Waals surface area contributed by atoms with E-state index in [0.717, 1.165) is 12.5 Å². The molecule has 0 bridgehead atoms. The van der Waals surface area contributed by atoms with Gasteiger partial charge in [0.05, 0.1) is 0 Å². The first-order valence-corrected chi connectivity index (χ1v) is 6.06. The molecule has 15 heavy (non-hydrogen) atoms.